The van der Waals surface area contributed by atoms with Crippen LogP contribution in [-0.2, 0) is 32.5 Å². The van der Waals surface area contributed by atoms with Crippen LogP contribution in [0.4, 0.5) is 0 Å². The molecule has 2 amide bonds. The first kappa shape index (κ1) is 28.8. The van der Waals surface area contributed by atoms with E-state index in [0.717, 1.165) is 36.9 Å². The smallest absolute Gasteiger partial charge is 0.323 e. The van der Waals surface area contributed by atoms with E-state index < -0.39 is 34.5 Å². The van der Waals surface area contributed by atoms with Crippen LogP contribution in [0, 0.1) is 0 Å². The molecule has 38 heavy (non-hydrogen) atoms. The third-order valence-corrected chi connectivity index (χ3v) is 7.33. The second kappa shape index (κ2) is 13.7. The second-order valence-corrected chi connectivity index (χ2v) is 10.6. The monoisotopic (exact) mass is 543 g/mol. The van der Waals surface area contributed by atoms with Crippen LogP contribution in [0.3, 0.4) is 0 Å². The van der Waals surface area contributed by atoms with E-state index >= 15 is 0 Å². The quantitative estimate of drug-likeness (QED) is 0.268. The van der Waals surface area contributed by atoms with Crippen LogP contribution in [0.5, 0.6) is 0 Å². The summed E-state index contributed by atoms with van der Waals surface area (Å²) >= 11 is 0. The van der Waals surface area contributed by atoms with Crippen molar-refractivity contribution in [2.75, 3.05) is 19.6 Å². The van der Waals surface area contributed by atoms with Gasteiger partial charge >= 0.3 is 5.97 Å². The normalized spacial score (nSPS) is 14.1. The number of aliphatic imine (C=N–C) groups is 1. The van der Waals surface area contributed by atoms with E-state index in [1.54, 1.807) is 36.4 Å². The Morgan fingerprint density at radius 3 is 2.29 bits per heavy atom. The number of carboxylic acid groups (broad SMARTS) is 1. The highest BCUT2D eigenvalue weighted by molar-refractivity contribution is 7.89. The van der Waals surface area contributed by atoms with Crippen LogP contribution in [0.2, 0.25) is 0 Å². The third kappa shape index (κ3) is 8.67. The van der Waals surface area contributed by atoms with Crippen molar-refractivity contribution >= 4 is 33.8 Å². The molecule has 1 aliphatic rings. The number of rotatable bonds is 12. The molecule has 12 heteroatoms. The van der Waals surface area contributed by atoms with Gasteiger partial charge in [0.05, 0.1) is 4.90 Å². The largest absolute Gasteiger partial charge is 0.480 e. The van der Waals surface area contributed by atoms with Crippen molar-refractivity contribution < 1.29 is 27.9 Å². The molecule has 1 heterocycles. The number of carboxylic acids is 1. The fraction of sp³-hybridized carbons (Fsp3) is 0.385. The molecule has 2 aromatic rings. The van der Waals surface area contributed by atoms with Gasteiger partial charge in [0.2, 0.25) is 15.9 Å². The van der Waals surface area contributed by atoms with Gasteiger partial charge in [-0.05, 0) is 54.7 Å². The highest BCUT2D eigenvalue weighted by atomic mass is 32.2. The van der Waals surface area contributed by atoms with E-state index in [1.807, 2.05) is 6.92 Å². The molecule has 0 bridgehead atoms. The minimum absolute atomic E-state index is 0.0535. The molecule has 5 N–H and O–H groups in total. The predicted octanol–water partition coefficient (Wildman–Crippen LogP) is 1.20. The molecule has 204 valence electrons. The standard InChI is InChI=1S/C26H33N5O6S/c1-2-4-18-7-12-21(13-8-18)38(36,37)31-22(25(34)35)17-29-24(33)20-10-5-19(6-11-20)9-14-23(32)30-26-27-15-3-16-28-26/h5-8,10-13,22,31H,2-4,9,14-17H2,1H3,(H,29,33)(H,34,35)(H2,27,28,30,32). The number of nitrogens with one attached hydrogen (secondary N) is 4. The number of aliphatic carboxylic acids is 1. The molecule has 3 rings (SSSR count). The lowest BCUT2D eigenvalue weighted by Crippen LogP contribution is -2.48. The van der Waals surface area contributed by atoms with Crippen molar-refractivity contribution in [2.24, 2.45) is 4.99 Å². The lowest BCUT2D eigenvalue weighted by molar-refractivity contribution is -0.138. The first-order valence-corrected chi connectivity index (χ1v) is 14.0. The number of nitrogens with zero attached hydrogens (tertiary/aromatic N) is 1. The number of benzene rings is 2. The van der Waals surface area contributed by atoms with Crippen molar-refractivity contribution in [3.05, 3.63) is 65.2 Å². The molecule has 11 nitrogen and oxygen atoms in total. The molecule has 0 saturated carbocycles. The van der Waals surface area contributed by atoms with E-state index in [4.69, 9.17) is 0 Å². The van der Waals surface area contributed by atoms with Crippen LogP contribution in [0.25, 0.3) is 0 Å². The maximum atomic E-state index is 12.7. The van der Waals surface area contributed by atoms with Gasteiger partial charge in [0, 0.05) is 31.6 Å². The SMILES string of the molecule is CCCc1ccc(S(=O)(=O)NC(CNC(=O)c2ccc(CCC(=O)NC3=NCCCN3)cc2)C(=O)O)cc1. The zero-order chi connectivity index (χ0) is 27.5. The highest BCUT2D eigenvalue weighted by Crippen LogP contribution is 2.13. The maximum Gasteiger partial charge on any atom is 0.323 e. The average molecular weight is 544 g/mol. The lowest BCUT2D eigenvalue weighted by atomic mass is 10.1. The van der Waals surface area contributed by atoms with E-state index in [1.165, 1.54) is 12.1 Å². The number of guanidine groups is 1. The number of sulfonamides is 1. The summed E-state index contributed by atoms with van der Waals surface area (Å²) in [6.07, 6.45) is 3.36. The van der Waals surface area contributed by atoms with Crippen molar-refractivity contribution in [3.63, 3.8) is 0 Å². The summed E-state index contributed by atoms with van der Waals surface area (Å²) in [5, 5.41) is 17.7. The first-order chi connectivity index (χ1) is 18.2. The molecule has 0 aromatic heterocycles. The van der Waals surface area contributed by atoms with E-state index in [-0.39, 0.29) is 22.8 Å². The predicted molar refractivity (Wildman–Crippen MR) is 142 cm³/mol. The third-order valence-electron chi connectivity index (χ3n) is 5.85. The summed E-state index contributed by atoms with van der Waals surface area (Å²) in [6.45, 7) is 3.02. The Bertz CT molecular complexity index is 1260. The van der Waals surface area contributed by atoms with Crippen molar-refractivity contribution in [1.29, 1.82) is 0 Å². The van der Waals surface area contributed by atoms with Gasteiger partial charge in [0.25, 0.3) is 5.91 Å². The van der Waals surface area contributed by atoms with E-state index in [9.17, 15) is 27.9 Å². The maximum absolute atomic E-state index is 12.7. The Hall–Kier alpha value is -3.77. The molecule has 1 unspecified atom stereocenters. The Morgan fingerprint density at radius 2 is 1.68 bits per heavy atom. The van der Waals surface area contributed by atoms with Crippen LogP contribution in [0.1, 0.15) is 47.7 Å². The van der Waals surface area contributed by atoms with Crippen molar-refractivity contribution in [3.8, 4) is 0 Å². The number of amides is 2. The molecular weight excluding hydrogens is 510 g/mol. The van der Waals surface area contributed by atoms with Gasteiger partial charge in [-0.3, -0.25) is 24.7 Å². The summed E-state index contributed by atoms with van der Waals surface area (Å²) in [4.78, 5) is 40.5. The van der Waals surface area contributed by atoms with Crippen molar-refractivity contribution in [2.45, 2.75) is 50.0 Å². The number of hydrogen-bond acceptors (Lipinski definition) is 7. The van der Waals surface area contributed by atoms with E-state index in [0.29, 0.717) is 18.9 Å². The molecule has 0 saturated heterocycles. The lowest BCUT2D eigenvalue weighted by Gasteiger charge is -2.16. The summed E-state index contributed by atoms with van der Waals surface area (Å²) < 4.78 is 27.5. The zero-order valence-corrected chi connectivity index (χ0v) is 22.0. The zero-order valence-electron chi connectivity index (χ0n) is 21.2. The number of carbonyl (C=O) groups is 3. The molecule has 2 aromatic carbocycles. The number of aryl methyl sites for hydroxylation is 2. The average Bonchev–Trinajstić information content (AvgIpc) is 2.91. The fourth-order valence-electron chi connectivity index (χ4n) is 3.75. The fourth-order valence-corrected chi connectivity index (χ4v) is 4.94. The molecule has 0 aliphatic carbocycles. The Labute approximate surface area is 222 Å². The molecule has 1 atom stereocenters. The number of carbonyl (C=O) groups excluding carboxylic acids is 2. The van der Waals surface area contributed by atoms with Crippen LogP contribution >= 0.6 is 0 Å². The Balaban J connectivity index is 1.51. The van der Waals surface area contributed by atoms with Crippen molar-refractivity contribution in [1.82, 2.24) is 20.7 Å². The Kier molecular flexibility index (Phi) is 10.4. The molecule has 0 radical (unpaired) electrons. The van der Waals surface area contributed by atoms with Gasteiger partial charge in [-0.1, -0.05) is 37.6 Å². The van der Waals surface area contributed by atoms with Gasteiger partial charge in [-0.2, -0.15) is 4.72 Å². The van der Waals surface area contributed by atoms with Crippen LogP contribution in [0.15, 0.2) is 58.4 Å². The van der Waals surface area contributed by atoms with E-state index in [2.05, 4.69) is 25.7 Å². The topological polar surface area (TPSA) is 166 Å². The number of hydrogen-bond donors (Lipinski definition) is 5. The summed E-state index contributed by atoms with van der Waals surface area (Å²) in [6, 6.07) is 11.2. The summed E-state index contributed by atoms with van der Waals surface area (Å²) in [5.41, 5.74) is 2.10. The highest BCUT2D eigenvalue weighted by Gasteiger charge is 2.26. The van der Waals surface area contributed by atoms with Gasteiger partial charge in [0.1, 0.15) is 6.04 Å². The van der Waals surface area contributed by atoms with Gasteiger partial charge in [-0.25, -0.2) is 8.42 Å². The molecule has 0 spiro atoms. The molecule has 0 fully saturated rings. The van der Waals surface area contributed by atoms with Gasteiger partial charge in [0.15, 0.2) is 5.96 Å². The molecule has 1 aliphatic heterocycles. The summed E-state index contributed by atoms with van der Waals surface area (Å²) in [5.74, 6) is -1.65. The summed E-state index contributed by atoms with van der Waals surface area (Å²) in [7, 11) is -4.10. The second-order valence-electron chi connectivity index (χ2n) is 8.87. The minimum atomic E-state index is -4.10. The van der Waals surface area contributed by atoms with Crippen LogP contribution in [-0.4, -0.2) is 62.9 Å². The Morgan fingerprint density at radius 1 is 1.03 bits per heavy atom. The van der Waals surface area contributed by atoms with Gasteiger partial charge < -0.3 is 15.7 Å². The van der Waals surface area contributed by atoms with Crippen LogP contribution < -0.4 is 20.7 Å². The minimum Gasteiger partial charge on any atom is -0.480 e. The molecular formula is C26H33N5O6S. The van der Waals surface area contributed by atoms with Gasteiger partial charge in [-0.15, -0.1) is 0 Å². The first-order valence-electron chi connectivity index (χ1n) is 12.5.